The summed E-state index contributed by atoms with van der Waals surface area (Å²) in [5.74, 6) is 2.22. The third-order valence-corrected chi connectivity index (χ3v) is 8.67. The number of hydrogen-bond acceptors (Lipinski definition) is 7. The van der Waals surface area contributed by atoms with E-state index in [-0.39, 0.29) is 11.7 Å². The number of benzene rings is 1. The van der Waals surface area contributed by atoms with Gasteiger partial charge in [-0.05, 0) is 61.8 Å². The SMILES string of the molecule is CCC1CCc2c(sc(NC(=O)CSc3nnc(COc4cccc(C)c4C)n3C)c2C#N)C1. The normalized spacial score (nSPS) is 15.0. The molecule has 0 spiro atoms. The summed E-state index contributed by atoms with van der Waals surface area (Å²) in [5, 5.41) is 22.4. The monoisotopic (exact) mass is 495 g/mol. The van der Waals surface area contributed by atoms with Crippen molar-refractivity contribution in [2.75, 3.05) is 11.1 Å². The molecule has 1 atom stereocenters. The number of carbonyl (C=O) groups is 1. The number of carbonyl (C=O) groups excluding carboxylic acids is 1. The zero-order valence-electron chi connectivity index (χ0n) is 20.0. The summed E-state index contributed by atoms with van der Waals surface area (Å²) in [6, 6.07) is 8.28. The summed E-state index contributed by atoms with van der Waals surface area (Å²) >= 11 is 2.87. The maximum Gasteiger partial charge on any atom is 0.235 e. The fourth-order valence-corrected chi connectivity index (χ4v) is 6.18. The van der Waals surface area contributed by atoms with Crippen LogP contribution in [0.15, 0.2) is 23.4 Å². The molecule has 1 aromatic carbocycles. The van der Waals surface area contributed by atoms with Crippen molar-refractivity contribution in [3.63, 3.8) is 0 Å². The number of anilines is 1. The molecule has 3 aromatic rings. The van der Waals surface area contributed by atoms with Gasteiger partial charge in [-0.3, -0.25) is 4.79 Å². The van der Waals surface area contributed by atoms with Crippen molar-refractivity contribution < 1.29 is 9.53 Å². The van der Waals surface area contributed by atoms with E-state index in [1.807, 2.05) is 30.7 Å². The zero-order chi connectivity index (χ0) is 24.2. The number of ether oxygens (including phenoxy) is 1. The molecule has 9 heteroatoms. The first-order chi connectivity index (χ1) is 16.4. The molecular formula is C25H29N5O2S2. The quantitative estimate of drug-likeness (QED) is 0.432. The van der Waals surface area contributed by atoms with Crippen LogP contribution in [0.3, 0.4) is 0 Å². The van der Waals surface area contributed by atoms with Gasteiger partial charge in [-0.15, -0.1) is 21.5 Å². The molecule has 0 aliphatic heterocycles. The van der Waals surface area contributed by atoms with Gasteiger partial charge in [0.2, 0.25) is 5.91 Å². The number of nitrogens with one attached hydrogen (secondary N) is 1. The topological polar surface area (TPSA) is 92.8 Å². The minimum absolute atomic E-state index is 0.150. The molecule has 0 saturated heterocycles. The predicted octanol–water partition coefficient (Wildman–Crippen LogP) is 5.19. The smallest absolute Gasteiger partial charge is 0.235 e. The van der Waals surface area contributed by atoms with Gasteiger partial charge in [0, 0.05) is 11.9 Å². The van der Waals surface area contributed by atoms with Crippen LogP contribution in [-0.4, -0.2) is 26.4 Å². The Morgan fingerprint density at radius 1 is 1.38 bits per heavy atom. The Labute approximate surface area is 208 Å². The van der Waals surface area contributed by atoms with Crippen LogP contribution >= 0.6 is 23.1 Å². The minimum atomic E-state index is -0.150. The molecule has 2 heterocycles. The molecule has 34 heavy (non-hydrogen) atoms. The third-order valence-electron chi connectivity index (χ3n) is 6.48. The Balaban J connectivity index is 1.35. The lowest BCUT2D eigenvalue weighted by molar-refractivity contribution is -0.113. The Morgan fingerprint density at radius 3 is 2.97 bits per heavy atom. The van der Waals surface area contributed by atoms with Crippen molar-refractivity contribution in [2.24, 2.45) is 13.0 Å². The van der Waals surface area contributed by atoms with Crippen LogP contribution in [0.5, 0.6) is 5.75 Å². The Morgan fingerprint density at radius 2 is 2.21 bits per heavy atom. The number of aryl methyl sites for hydroxylation is 1. The summed E-state index contributed by atoms with van der Waals surface area (Å²) in [6.45, 7) is 6.59. The zero-order valence-corrected chi connectivity index (χ0v) is 21.6. The van der Waals surface area contributed by atoms with Crippen LogP contribution < -0.4 is 10.1 Å². The summed E-state index contributed by atoms with van der Waals surface area (Å²) < 4.78 is 7.79. The molecule has 0 saturated carbocycles. The van der Waals surface area contributed by atoms with Crippen LogP contribution in [0.25, 0.3) is 0 Å². The first-order valence-electron chi connectivity index (χ1n) is 11.5. The summed E-state index contributed by atoms with van der Waals surface area (Å²) in [5.41, 5.74) is 4.04. The van der Waals surface area contributed by atoms with Gasteiger partial charge in [0.15, 0.2) is 11.0 Å². The molecule has 7 nitrogen and oxygen atoms in total. The number of rotatable bonds is 8. The third kappa shape index (κ3) is 5.13. The number of thioether (sulfide) groups is 1. The lowest BCUT2D eigenvalue weighted by Crippen LogP contribution is -2.15. The van der Waals surface area contributed by atoms with E-state index in [9.17, 15) is 10.1 Å². The molecule has 0 radical (unpaired) electrons. The van der Waals surface area contributed by atoms with E-state index in [2.05, 4.69) is 41.5 Å². The van der Waals surface area contributed by atoms with Gasteiger partial charge in [-0.25, -0.2) is 0 Å². The highest BCUT2D eigenvalue weighted by Gasteiger charge is 2.26. The molecule has 1 aliphatic rings. The number of nitriles is 1. The Kier molecular flexibility index (Phi) is 7.59. The van der Waals surface area contributed by atoms with Gasteiger partial charge in [-0.2, -0.15) is 5.26 Å². The second-order valence-electron chi connectivity index (χ2n) is 8.62. The van der Waals surface area contributed by atoms with E-state index in [1.54, 1.807) is 11.3 Å². The fourth-order valence-electron chi connectivity index (χ4n) is 4.12. The number of thiophene rings is 1. The molecule has 2 aromatic heterocycles. The van der Waals surface area contributed by atoms with Gasteiger partial charge in [0.1, 0.15) is 23.4 Å². The second-order valence-corrected chi connectivity index (χ2v) is 10.7. The van der Waals surface area contributed by atoms with Gasteiger partial charge < -0.3 is 14.6 Å². The van der Waals surface area contributed by atoms with Crippen LogP contribution in [0, 0.1) is 31.1 Å². The van der Waals surface area contributed by atoms with Gasteiger partial charge in [0.25, 0.3) is 0 Å². The summed E-state index contributed by atoms with van der Waals surface area (Å²) in [6.07, 6.45) is 4.18. The Hall–Kier alpha value is -2.83. The molecule has 1 aliphatic carbocycles. The molecule has 1 amide bonds. The highest BCUT2D eigenvalue weighted by Crippen LogP contribution is 2.40. The molecule has 1 N–H and O–H groups in total. The summed E-state index contributed by atoms with van der Waals surface area (Å²) in [4.78, 5) is 13.9. The standard InChI is InChI=1S/C25H29N5O2S2/c1-5-17-9-10-18-19(12-26)24(34-21(18)11-17)27-23(31)14-33-25-29-28-22(30(25)4)13-32-20-8-6-7-15(2)16(20)3/h6-8,17H,5,9-11,13-14H2,1-4H3,(H,27,31). The fraction of sp³-hybridized carbons (Fsp3) is 0.440. The first kappa shape index (κ1) is 24.3. The largest absolute Gasteiger partial charge is 0.485 e. The van der Waals surface area contributed by atoms with Gasteiger partial charge >= 0.3 is 0 Å². The minimum Gasteiger partial charge on any atom is -0.485 e. The molecule has 1 unspecified atom stereocenters. The van der Waals surface area contributed by atoms with Gasteiger partial charge in [0.05, 0.1) is 11.3 Å². The van der Waals surface area contributed by atoms with Crippen molar-refractivity contribution in [3.05, 3.63) is 51.2 Å². The van der Waals surface area contributed by atoms with Crippen molar-refractivity contribution >= 4 is 34.0 Å². The highest BCUT2D eigenvalue weighted by atomic mass is 32.2. The number of fused-ring (bicyclic) bond motifs is 1. The maximum absolute atomic E-state index is 12.7. The van der Waals surface area contributed by atoms with Crippen LogP contribution in [0.1, 0.15) is 52.7 Å². The molecule has 178 valence electrons. The van der Waals surface area contributed by atoms with Crippen LogP contribution in [0.2, 0.25) is 0 Å². The van der Waals surface area contributed by atoms with E-state index >= 15 is 0 Å². The maximum atomic E-state index is 12.7. The van der Waals surface area contributed by atoms with E-state index in [1.165, 1.54) is 22.2 Å². The van der Waals surface area contributed by atoms with Gasteiger partial charge in [-0.1, -0.05) is 37.2 Å². The van der Waals surface area contributed by atoms with Crippen molar-refractivity contribution in [2.45, 2.75) is 58.2 Å². The second kappa shape index (κ2) is 10.6. The van der Waals surface area contributed by atoms with Crippen molar-refractivity contribution in [3.8, 4) is 11.8 Å². The lowest BCUT2D eigenvalue weighted by Gasteiger charge is -2.20. The predicted molar refractivity (Wildman–Crippen MR) is 135 cm³/mol. The highest BCUT2D eigenvalue weighted by molar-refractivity contribution is 7.99. The molecule has 0 bridgehead atoms. The van der Waals surface area contributed by atoms with E-state index < -0.39 is 0 Å². The molecule has 4 rings (SSSR count). The summed E-state index contributed by atoms with van der Waals surface area (Å²) in [7, 11) is 1.87. The lowest BCUT2D eigenvalue weighted by atomic mass is 9.86. The number of nitrogens with zero attached hydrogens (tertiary/aromatic N) is 4. The first-order valence-corrected chi connectivity index (χ1v) is 13.3. The van der Waals surface area contributed by atoms with Crippen LogP contribution in [0.4, 0.5) is 5.00 Å². The van der Waals surface area contributed by atoms with Crippen molar-refractivity contribution in [1.82, 2.24) is 14.8 Å². The number of aromatic nitrogens is 3. The van der Waals surface area contributed by atoms with Crippen LogP contribution in [-0.2, 0) is 31.3 Å². The Bertz CT molecular complexity index is 1240. The van der Waals surface area contributed by atoms with Crippen molar-refractivity contribution in [1.29, 1.82) is 5.26 Å². The number of amides is 1. The van der Waals surface area contributed by atoms with E-state index in [0.717, 1.165) is 42.6 Å². The average molecular weight is 496 g/mol. The average Bonchev–Trinajstić information content (AvgIpc) is 3.36. The van der Waals surface area contributed by atoms with E-state index in [0.29, 0.717) is 34.1 Å². The molecule has 0 fully saturated rings. The number of hydrogen-bond donors (Lipinski definition) is 1. The van der Waals surface area contributed by atoms with E-state index in [4.69, 9.17) is 4.74 Å². The molecular weight excluding hydrogens is 466 g/mol.